The van der Waals surface area contributed by atoms with Crippen LogP contribution in [0.15, 0.2) is 42.5 Å². The molecule has 142 valence electrons. The van der Waals surface area contributed by atoms with Gasteiger partial charge in [0.2, 0.25) is 5.91 Å². The third-order valence-electron chi connectivity index (χ3n) is 5.61. The summed E-state index contributed by atoms with van der Waals surface area (Å²) >= 11 is 0. The molecule has 2 aliphatic rings. The zero-order chi connectivity index (χ0) is 18.8. The minimum Gasteiger partial charge on any atom is -0.493 e. The highest BCUT2D eigenvalue weighted by atomic mass is 16.5. The van der Waals surface area contributed by atoms with Crippen molar-refractivity contribution in [2.75, 3.05) is 24.3 Å². The van der Waals surface area contributed by atoms with Crippen LogP contribution in [0.4, 0.5) is 11.4 Å². The predicted molar refractivity (Wildman–Crippen MR) is 106 cm³/mol. The van der Waals surface area contributed by atoms with Crippen LogP contribution in [0.3, 0.4) is 0 Å². The van der Waals surface area contributed by atoms with Crippen molar-refractivity contribution in [2.45, 2.75) is 44.1 Å². The third kappa shape index (κ3) is 3.59. The van der Waals surface area contributed by atoms with Gasteiger partial charge >= 0.3 is 0 Å². The summed E-state index contributed by atoms with van der Waals surface area (Å²) in [6.45, 7) is 0.627. The molecule has 0 radical (unpaired) electrons. The van der Waals surface area contributed by atoms with Gasteiger partial charge in [0.25, 0.3) is 0 Å². The molecular weight excluding hydrogens is 340 g/mol. The number of carbonyl (C=O) groups excluding carboxylic acids is 1. The van der Waals surface area contributed by atoms with Crippen LogP contribution in [0.25, 0.3) is 0 Å². The Kier molecular flexibility index (Phi) is 4.92. The molecule has 5 nitrogen and oxygen atoms in total. The highest BCUT2D eigenvalue weighted by Gasteiger charge is 2.33. The number of benzene rings is 2. The number of carbonyl (C=O) groups is 1. The number of para-hydroxylation sites is 2. The zero-order valence-electron chi connectivity index (χ0n) is 15.7. The second kappa shape index (κ2) is 7.51. The van der Waals surface area contributed by atoms with Crippen LogP contribution in [0.1, 0.15) is 43.6 Å². The molecule has 1 saturated heterocycles. The number of ether oxygens (including phenoxy) is 2. The number of nitrogens with zero attached hydrogens (tertiary/aromatic N) is 1. The SMILES string of the molecule is COc1ccc([C@H]2CC(=O)N(c3ccccc3N)C2)cc1OC1CCCC1. The van der Waals surface area contributed by atoms with E-state index in [1.165, 1.54) is 12.8 Å². The molecule has 1 atom stereocenters. The first kappa shape index (κ1) is 17.7. The number of rotatable bonds is 5. The molecule has 1 aliphatic heterocycles. The molecular formula is C22H26N2O3. The molecule has 0 aromatic heterocycles. The second-order valence-electron chi connectivity index (χ2n) is 7.40. The van der Waals surface area contributed by atoms with E-state index in [9.17, 15) is 4.79 Å². The Bertz CT molecular complexity index is 830. The normalized spacial score (nSPS) is 20.3. The first-order chi connectivity index (χ1) is 13.2. The third-order valence-corrected chi connectivity index (χ3v) is 5.61. The molecule has 1 amide bonds. The zero-order valence-corrected chi connectivity index (χ0v) is 15.7. The summed E-state index contributed by atoms with van der Waals surface area (Å²) in [5, 5.41) is 0. The molecule has 2 fully saturated rings. The van der Waals surface area contributed by atoms with E-state index >= 15 is 0 Å². The molecule has 2 aromatic carbocycles. The van der Waals surface area contributed by atoms with Crippen LogP contribution in [0.2, 0.25) is 0 Å². The van der Waals surface area contributed by atoms with Crippen molar-refractivity contribution in [1.29, 1.82) is 0 Å². The molecule has 27 heavy (non-hydrogen) atoms. The Morgan fingerprint density at radius 3 is 2.59 bits per heavy atom. The fraction of sp³-hybridized carbons (Fsp3) is 0.409. The van der Waals surface area contributed by atoms with Gasteiger partial charge in [-0.25, -0.2) is 0 Å². The second-order valence-corrected chi connectivity index (χ2v) is 7.40. The average Bonchev–Trinajstić information content (AvgIpc) is 3.32. The van der Waals surface area contributed by atoms with Gasteiger partial charge in [-0.1, -0.05) is 18.2 Å². The topological polar surface area (TPSA) is 64.8 Å². The standard InChI is InChI=1S/C22H26N2O3/c1-26-20-11-10-15(12-21(20)27-17-6-2-3-7-17)16-13-22(25)24(14-16)19-9-5-4-8-18(19)23/h4-5,8-12,16-17H,2-3,6-7,13-14,23H2,1H3/t16-/m0/s1. The van der Waals surface area contributed by atoms with Gasteiger partial charge in [0.1, 0.15) is 0 Å². The highest BCUT2D eigenvalue weighted by Crippen LogP contribution is 2.38. The van der Waals surface area contributed by atoms with E-state index in [0.29, 0.717) is 18.7 Å². The van der Waals surface area contributed by atoms with Gasteiger partial charge in [-0.15, -0.1) is 0 Å². The lowest BCUT2D eigenvalue weighted by molar-refractivity contribution is -0.117. The van der Waals surface area contributed by atoms with Crippen molar-refractivity contribution in [2.24, 2.45) is 0 Å². The first-order valence-electron chi connectivity index (χ1n) is 9.65. The number of anilines is 2. The summed E-state index contributed by atoms with van der Waals surface area (Å²) < 4.78 is 11.7. The Balaban J connectivity index is 1.56. The maximum Gasteiger partial charge on any atom is 0.227 e. The van der Waals surface area contributed by atoms with E-state index in [-0.39, 0.29) is 17.9 Å². The molecule has 5 heteroatoms. The Hall–Kier alpha value is -2.69. The van der Waals surface area contributed by atoms with Crippen LogP contribution >= 0.6 is 0 Å². The van der Waals surface area contributed by atoms with Crippen molar-refractivity contribution < 1.29 is 14.3 Å². The predicted octanol–water partition coefficient (Wildman–Crippen LogP) is 4.12. The van der Waals surface area contributed by atoms with Gasteiger partial charge in [0.15, 0.2) is 11.5 Å². The number of hydrogen-bond donors (Lipinski definition) is 1. The Morgan fingerprint density at radius 1 is 1.07 bits per heavy atom. The van der Waals surface area contributed by atoms with Gasteiger partial charge in [0, 0.05) is 18.9 Å². The number of nitrogens with two attached hydrogens (primary N) is 1. The van der Waals surface area contributed by atoms with Crippen LogP contribution in [0, 0.1) is 0 Å². The summed E-state index contributed by atoms with van der Waals surface area (Å²) in [6, 6.07) is 13.6. The number of amides is 1. The van der Waals surface area contributed by atoms with Gasteiger partial charge < -0.3 is 20.1 Å². The summed E-state index contributed by atoms with van der Waals surface area (Å²) in [4.78, 5) is 14.4. The van der Waals surface area contributed by atoms with Crippen LogP contribution in [-0.2, 0) is 4.79 Å². The maximum atomic E-state index is 12.6. The quantitative estimate of drug-likeness (QED) is 0.809. The fourth-order valence-corrected chi connectivity index (χ4v) is 4.12. The van der Waals surface area contributed by atoms with Gasteiger partial charge in [0.05, 0.1) is 24.6 Å². The average molecular weight is 366 g/mol. The summed E-state index contributed by atoms with van der Waals surface area (Å²) in [5.74, 6) is 1.76. The minimum atomic E-state index is 0.104. The molecule has 1 saturated carbocycles. The molecule has 1 aliphatic carbocycles. The van der Waals surface area contributed by atoms with E-state index < -0.39 is 0 Å². The van der Waals surface area contributed by atoms with Crippen LogP contribution in [0.5, 0.6) is 11.5 Å². The van der Waals surface area contributed by atoms with E-state index in [2.05, 4.69) is 0 Å². The summed E-state index contributed by atoms with van der Waals surface area (Å²) in [7, 11) is 1.66. The lowest BCUT2D eigenvalue weighted by atomic mass is 9.98. The first-order valence-corrected chi connectivity index (χ1v) is 9.65. The Morgan fingerprint density at radius 2 is 1.85 bits per heavy atom. The smallest absolute Gasteiger partial charge is 0.227 e. The maximum absolute atomic E-state index is 12.6. The number of methoxy groups -OCH3 is 1. The van der Waals surface area contributed by atoms with Gasteiger partial charge in [-0.2, -0.15) is 0 Å². The van der Waals surface area contributed by atoms with Crippen LogP contribution < -0.4 is 20.1 Å². The minimum absolute atomic E-state index is 0.104. The summed E-state index contributed by atoms with van der Waals surface area (Å²) in [6.07, 6.45) is 5.37. The Labute approximate surface area is 160 Å². The van der Waals surface area contributed by atoms with Gasteiger partial charge in [-0.05, 0) is 55.5 Å². The van der Waals surface area contributed by atoms with Crippen molar-refractivity contribution in [3.8, 4) is 11.5 Å². The lowest BCUT2D eigenvalue weighted by Crippen LogP contribution is -2.25. The molecule has 0 unspecified atom stereocenters. The van der Waals surface area contributed by atoms with Crippen LogP contribution in [-0.4, -0.2) is 25.7 Å². The van der Waals surface area contributed by atoms with E-state index in [0.717, 1.165) is 35.6 Å². The molecule has 2 aromatic rings. The molecule has 2 N–H and O–H groups in total. The van der Waals surface area contributed by atoms with Gasteiger partial charge in [-0.3, -0.25) is 4.79 Å². The van der Waals surface area contributed by atoms with E-state index in [1.54, 1.807) is 12.0 Å². The van der Waals surface area contributed by atoms with E-state index in [1.807, 2.05) is 42.5 Å². The van der Waals surface area contributed by atoms with E-state index in [4.69, 9.17) is 15.2 Å². The number of hydrogen-bond acceptors (Lipinski definition) is 4. The van der Waals surface area contributed by atoms with Crippen molar-refractivity contribution in [1.82, 2.24) is 0 Å². The largest absolute Gasteiger partial charge is 0.493 e. The molecule has 4 rings (SSSR count). The molecule has 0 spiro atoms. The fourth-order valence-electron chi connectivity index (χ4n) is 4.12. The van der Waals surface area contributed by atoms with Crippen molar-refractivity contribution >= 4 is 17.3 Å². The molecule has 0 bridgehead atoms. The highest BCUT2D eigenvalue weighted by molar-refractivity contribution is 5.99. The van der Waals surface area contributed by atoms with Crippen molar-refractivity contribution in [3.05, 3.63) is 48.0 Å². The lowest BCUT2D eigenvalue weighted by Gasteiger charge is -2.20. The summed E-state index contributed by atoms with van der Waals surface area (Å²) in [5.41, 5.74) is 8.60. The monoisotopic (exact) mass is 366 g/mol. The number of nitrogen functional groups attached to an aromatic ring is 1. The molecule has 1 heterocycles. The van der Waals surface area contributed by atoms with Crippen molar-refractivity contribution in [3.63, 3.8) is 0 Å².